The molecule has 0 aliphatic rings. The SMILES string of the molecule is Cc1nn(-c2ccccc2)c(C)c1CNC(=O)CCNS(=O)(=O)/C=C/c1ccccc1. The van der Waals surface area contributed by atoms with E-state index in [1.165, 1.54) is 6.08 Å². The van der Waals surface area contributed by atoms with Crippen LogP contribution in [0, 0.1) is 13.8 Å². The average Bonchev–Trinajstić information content (AvgIpc) is 3.05. The molecule has 0 saturated carbocycles. The molecule has 0 fully saturated rings. The second-order valence-corrected chi connectivity index (χ2v) is 8.73. The Balaban J connectivity index is 1.50. The average molecular weight is 439 g/mol. The molecule has 0 radical (unpaired) electrons. The van der Waals surface area contributed by atoms with Gasteiger partial charge in [-0.1, -0.05) is 48.5 Å². The number of hydrogen-bond acceptors (Lipinski definition) is 4. The maximum absolute atomic E-state index is 12.2. The minimum absolute atomic E-state index is 0.0224. The number of carbonyl (C=O) groups excluding carboxylic acids is 1. The molecular formula is C23H26N4O3S. The quantitative estimate of drug-likeness (QED) is 0.537. The summed E-state index contributed by atoms with van der Waals surface area (Å²) < 4.78 is 28.4. The summed E-state index contributed by atoms with van der Waals surface area (Å²) in [5.74, 6) is -0.235. The summed E-state index contributed by atoms with van der Waals surface area (Å²) in [4.78, 5) is 12.2. The molecule has 8 heteroatoms. The van der Waals surface area contributed by atoms with E-state index in [0.29, 0.717) is 6.54 Å². The van der Waals surface area contributed by atoms with Gasteiger partial charge in [0.2, 0.25) is 15.9 Å². The fourth-order valence-electron chi connectivity index (χ4n) is 3.11. The number of hydrogen-bond donors (Lipinski definition) is 2. The number of sulfonamides is 1. The van der Waals surface area contributed by atoms with Gasteiger partial charge in [-0.05, 0) is 37.6 Å². The zero-order chi connectivity index (χ0) is 22.3. The first-order valence-electron chi connectivity index (χ1n) is 9.96. The molecule has 3 aromatic rings. The third kappa shape index (κ3) is 6.37. The van der Waals surface area contributed by atoms with Crippen LogP contribution in [0.1, 0.15) is 28.9 Å². The van der Waals surface area contributed by atoms with Crippen molar-refractivity contribution in [2.75, 3.05) is 6.54 Å². The number of rotatable bonds is 9. The largest absolute Gasteiger partial charge is 0.352 e. The number of para-hydroxylation sites is 1. The van der Waals surface area contributed by atoms with Crippen molar-refractivity contribution in [2.24, 2.45) is 0 Å². The molecule has 31 heavy (non-hydrogen) atoms. The number of amides is 1. The molecule has 0 bridgehead atoms. The first-order valence-corrected chi connectivity index (χ1v) is 11.5. The topological polar surface area (TPSA) is 93.1 Å². The molecule has 2 aromatic carbocycles. The molecule has 1 amide bonds. The summed E-state index contributed by atoms with van der Waals surface area (Å²) in [5, 5.41) is 8.51. The summed E-state index contributed by atoms with van der Waals surface area (Å²) >= 11 is 0. The normalized spacial score (nSPS) is 11.7. The van der Waals surface area contributed by atoms with E-state index in [2.05, 4.69) is 15.1 Å². The van der Waals surface area contributed by atoms with Crippen molar-refractivity contribution in [3.8, 4) is 5.69 Å². The van der Waals surface area contributed by atoms with Gasteiger partial charge in [0, 0.05) is 36.2 Å². The molecule has 0 unspecified atom stereocenters. The molecule has 162 valence electrons. The van der Waals surface area contributed by atoms with E-state index in [0.717, 1.165) is 33.6 Å². The zero-order valence-corrected chi connectivity index (χ0v) is 18.4. The summed E-state index contributed by atoms with van der Waals surface area (Å²) in [6.45, 7) is 4.22. The van der Waals surface area contributed by atoms with Crippen LogP contribution < -0.4 is 10.0 Å². The first kappa shape index (κ1) is 22.5. The molecule has 2 N–H and O–H groups in total. The zero-order valence-electron chi connectivity index (χ0n) is 17.6. The first-order chi connectivity index (χ1) is 14.9. The van der Waals surface area contributed by atoms with Gasteiger partial charge in [0.1, 0.15) is 0 Å². The summed E-state index contributed by atoms with van der Waals surface area (Å²) in [5.41, 5.74) is 4.48. The Morgan fingerprint density at radius 2 is 1.68 bits per heavy atom. The fourth-order valence-corrected chi connectivity index (χ4v) is 3.93. The van der Waals surface area contributed by atoms with E-state index < -0.39 is 10.0 Å². The lowest BCUT2D eigenvalue weighted by molar-refractivity contribution is -0.121. The third-order valence-corrected chi connectivity index (χ3v) is 5.90. The minimum atomic E-state index is -3.61. The predicted molar refractivity (Wildman–Crippen MR) is 122 cm³/mol. The molecule has 0 atom stereocenters. The van der Waals surface area contributed by atoms with Crippen molar-refractivity contribution >= 4 is 22.0 Å². The number of benzene rings is 2. The standard InChI is InChI=1S/C23H26N4O3S/c1-18-22(19(2)27(26-18)21-11-7-4-8-12-21)17-24-23(28)13-15-25-31(29,30)16-14-20-9-5-3-6-10-20/h3-12,14,16,25H,13,15,17H2,1-2H3,(H,24,28)/b16-14+. The fraction of sp³-hybridized carbons (Fsp3) is 0.217. The lowest BCUT2D eigenvalue weighted by Gasteiger charge is -2.07. The predicted octanol–water partition coefficient (Wildman–Crippen LogP) is 3.09. The molecule has 0 aliphatic carbocycles. The van der Waals surface area contributed by atoms with Gasteiger partial charge in [0.05, 0.1) is 11.4 Å². The highest BCUT2D eigenvalue weighted by Crippen LogP contribution is 2.17. The van der Waals surface area contributed by atoms with Crippen molar-refractivity contribution in [3.63, 3.8) is 0 Å². The minimum Gasteiger partial charge on any atom is -0.352 e. The highest BCUT2D eigenvalue weighted by molar-refractivity contribution is 7.92. The van der Waals surface area contributed by atoms with Gasteiger partial charge in [0.15, 0.2) is 0 Å². The Kier molecular flexibility index (Phi) is 7.38. The molecule has 7 nitrogen and oxygen atoms in total. The van der Waals surface area contributed by atoms with Crippen molar-refractivity contribution < 1.29 is 13.2 Å². The summed E-state index contributed by atoms with van der Waals surface area (Å²) in [7, 11) is -3.61. The Bertz CT molecular complexity index is 1150. The van der Waals surface area contributed by atoms with Gasteiger partial charge in [-0.2, -0.15) is 5.10 Å². The van der Waals surface area contributed by atoms with Crippen LogP contribution in [-0.2, 0) is 21.4 Å². The molecule has 0 aliphatic heterocycles. The van der Waals surface area contributed by atoms with Gasteiger partial charge < -0.3 is 5.32 Å². The maximum atomic E-state index is 12.2. The number of carbonyl (C=O) groups is 1. The van der Waals surface area contributed by atoms with Gasteiger partial charge in [-0.3, -0.25) is 4.79 Å². The Morgan fingerprint density at radius 1 is 1.03 bits per heavy atom. The van der Waals surface area contributed by atoms with Crippen LogP contribution in [0.5, 0.6) is 0 Å². The van der Waals surface area contributed by atoms with Crippen molar-refractivity contribution in [3.05, 3.63) is 88.6 Å². The lowest BCUT2D eigenvalue weighted by atomic mass is 10.2. The Labute approximate surface area is 182 Å². The number of aryl methyl sites for hydroxylation is 1. The maximum Gasteiger partial charge on any atom is 0.233 e. The van der Waals surface area contributed by atoms with Crippen LogP contribution in [0.25, 0.3) is 11.8 Å². The van der Waals surface area contributed by atoms with Crippen molar-refractivity contribution in [1.29, 1.82) is 0 Å². The highest BCUT2D eigenvalue weighted by atomic mass is 32.2. The van der Waals surface area contributed by atoms with Gasteiger partial charge in [-0.15, -0.1) is 0 Å². The van der Waals surface area contributed by atoms with Crippen LogP contribution in [0.2, 0.25) is 0 Å². The molecular weight excluding hydrogens is 412 g/mol. The number of aromatic nitrogens is 2. The van der Waals surface area contributed by atoms with Crippen LogP contribution in [0.4, 0.5) is 0 Å². The van der Waals surface area contributed by atoms with Gasteiger partial charge in [-0.25, -0.2) is 17.8 Å². The smallest absolute Gasteiger partial charge is 0.233 e. The van der Waals surface area contributed by atoms with E-state index in [1.807, 2.05) is 79.2 Å². The van der Waals surface area contributed by atoms with Crippen LogP contribution >= 0.6 is 0 Å². The van der Waals surface area contributed by atoms with E-state index >= 15 is 0 Å². The van der Waals surface area contributed by atoms with E-state index in [-0.39, 0.29) is 18.9 Å². The van der Waals surface area contributed by atoms with Crippen LogP contribution in [0.15, 0.2) is 66.1 Å². The summed E-state index contributed by atoms with van der Waals surface area (Å²) in [6.07, 6.45) is 1.56. The van der Waals surface area contributed by atoms with Gasteiger partial charge in [0.25, 0.3) is 0 Å². The van der Waals surface area contributed by atoms with Crippen LogP contribution in [-0.4, -0.2) is 30.7 Å². The Hall–Kier alpha value is -3.23. The third-order valence-electron chi connectivity index (χ3n) is 4.80. The van der Waals surface area contributed by atoms with Crippen molar-refractivity contribution in [2.45, 2.75) is 26.8 Å². The van der Waals surface area contributed by atoms with E-state index in [1.54, 1.807) is 0 Å². The van der Waals surface area contributed by atoms with E-state index in [4.69, 9.17) is 0 Å². The van der Waals surface area contributed by atoms with Gasteiger partial charge >= 0.3 is 0 Å². The number of nitrogens with one attached hydrogen (secondary N) is 2. The van der Waals surface area contributed by atoms with Crippen molar-refractivity contribution in [1.82, 2.24) is 19.8 Å². The summed E-state index contributed by atoms with van der Waals surface area (Å²) in [6, 6.07) is 18.9. The second-order valence-electron chi connectivity index (χ2n) is 7.08. The van der Waals surface area contributed by atoms with Crippen LogP contribution in [0.3, 0.4) is 0 Å². The molecule has 1 heterocycles. The highest BCUT2D eigenvalue weighted by Gasteiger charge is 2.14. The molecule has 0 spiro atoms. The monoisotopic (exact) mass is 438 g/mol. The lowest BCUT2D eigenvalue weighted by Crippen LogP contribution is -2.29. The van der Waals surface area contributed by atoms with E-state index in [9.17, 15) is 13.2 Å². The number of nitrogens with zero attached hydrogens (tertiary/aromatic N) is 2. The molecule has 0 saturated heterocycles. The second kappa shape index (κ2) is 10.2. The Morgan fingerprint density at radius 3 is 2.35 bits per heavy atom. The molecule has 1 aromatic heterocycles. The molecule has 3 rings (SSSR count).